The third kappa shape index (κ3) is 10.2. The van der Waals surface area contributed by atoms with E-state index in [1.54, 1.807) is 0 Å². The second-order valence-electron chi connectivity index (χ2n) is 1.38. The fourth-order valence-electron chi connectivity index (χ4n) is 0.268. The van der Waals surface area contributed by atoms with Gasteiger partial charge >= 0.3 is 29.6 Å². The molecule has 0 radical (unpaired) electrons. The first-order valence-corrected chi connectivity index (χ1v) is 3.62. The molecule has 0 aromatic carbocycles. The summed E-state index contributed by atoms with van der Waals surface area (Å²) >= 11 is -1.57. The van der Waals surface area contributed by atoms with E-state index < -0.39 is 11.1 Å². The van der Waals surface area contributed by atoms with Gasteiger partial charge in [0.1, 0.15) is 0 Å². The van der Waals surface area contributed by atoms with Crippen molar-refractivity contribution < 1.29 is 8.76 Å². The fraction of sp³-hybridized carbons (Fsp3) is 1.00. The van der Waals surface area contributed by atoms with Crippen molar-refractivity contribution in [2.45, 2.75) is 19.8 Å². The standard InChI is InChI=1S/C4H10O2S.Na.H/c1-2-3-4-7(5)6;;/h2-4H2,1H3,(H,5,6);;. The molecule has 46 valence electrons. The molecule has 0 bridgehead atoms. The first-order chi connectivity index (χ1) is 3.27. The van der Waals surface area contributed by atoms with Crippen LogP contribution >= 0.6 is 0 Å². The van der Waals surface area contributed by atoms with Crippen LogP contribution in [0.15, 0.2) is 0 Å². The van der Waals surface area contributed by atoms with Gasteiger partial charge in [-0.2, -0.15) is 0 Å². The molecule has 0 spiro atoms. The summed E-state index contributed by atoms with van der Waals surface area (Å²) in [4.78, 5) is 0. The molecule has 0 aliphatic heterocycles. The van der Waals surface area contributed by atoms with Crippen molar-refractivity contribution >= 4 is 40.6 Å². The van der Waals surface area contributed by atoms with Crippen molar-refractivity contribution in [2.24, 2.45) is 0 Å². The van der Waals surface area contributed by atoms with Gasteiger partial charge in [-0.25, -0.2) is 4.21 Å². The Balaban J connectivity index is 0. The van der Waals surface area contributed by atoms with E-state index in [1.165, 1.54) is 0 Å². The molecule has 0 aromatic rings. The maximum absolute atomic E-state index is 9.87. The zero-order chi connectivity index (χ0) is 5.70. The van der Waals surface area contributed by atoms with Gasteiger partial charge in [0.15, 0.2) is 11.1 Å². The van der Waals surface area contributed by atoms with Crippen LogP contribution in [-0.4, -0.2) is 44.1 Å². The van der Waals surface area contributed by atoms with Gasteiger partial charge in [-0.15, -0.1) is 0 Å². The maximum atomic E-state index is 9.87. The number of hydrogen-bond acceptors (Lipinski definition) is 1. The van der Waals surface area contributed by atoms with Crippen LogP contribution < -0.4 is 0 Å². The summed E-state index contributed by atoms with van der Waals surface area (Å²) < 4.78 is 18.0. The van der Waals surface area contributed by atoms with E-state index in [2.05, 4.69) is 0 Å². The molecule has 0 fully saturated rings. The molecule has 1 N–H and O–H groups in total. The molecule has 0 aliphatic carbocycles. The molecular weight excluding hydrogens is 135 g/mol. The molecule has 0 rings (SSSR count). The van der Waals surface area contributed by atoms with Crippen LogP contribution in [0.25, 0.3) is 0 Å². The SMILES string of the molecule is CCCCS(=O)O.[NaH]. The Morgan fingerprint density at radius 3 is 2.25 bits per heavy atom. The number of hydrogen-bond donors (Lipinski definition) is 1. The van der Waals surface area contributed by atoms with Gasteiger partial charge in [0, 0.05) is 5.75 Å². The monoisotopic (exact) mass is 146 g/mol. The van der Waals surface area contributed by atoms with E-state index in [0.717, 1.165) is 12.8 Å². The summed E-state index contributed by atoms with van der Waals surface area (Å²) in [6.45, 7) is 1.99. The Morgan fingerprint density at radius 2 is 2.12 bits per heavy atom. The van der Waals surface area contributed by atoms with E-state index in [9.17, 15) is 4.21 Å². The molecule has 0 amide bonds. The minimum absolute atomic E-state index is 0. The summed E-state index contributed by atoms with van der Waals surface area (Å²) in [5.41, 5.74) is 0. The average Bonchev–Trinajstić information content (AvgIpc) is 1.61. The van der Waals surface area contributed by atoms with Crippen LogP contribution in [0.5, 0.6) is 0 Å². The zero-order valence-corrected chi connectivity index (χ0v) is 5.20. The summed E-state index contributed by atoms with van der Waals surface area (Å²) in [6.07, 6.45) is 1.84. The van der Waals surface area contributed by atoms with Gasteiger partial charge in [0.25, 0.3) is 0 Å². The van der Waals surface area contributed by atoms with Crippen LogP contribution in [0.2, 0.25) is 0 Å². The van der Waals surface area contributed by atoms with Gasteiger partial charge in [-0.3, -0.25) is 0 Å². The summed E-state index contributed by atoms with van der Waals surface area (Å²) in [7, 11) is 0. The predicted octanol–water partition coefficient (Wildman–Crippen LogP) is 0.360. The third-order valence-electron chi connectivity index (χ3n) is 0.673. The van der Waals surface area contributed by atoms with Crippen LogP contribution in [0.4, 0.5) is 0 Å². The molecule has 0 saturated heterocycles. The molecule has 2 nitrogen and oxygen atoms in total. The van der Waals surface area contributed by atoms with E-state index >= 15 is 0 Å². The molecule has 8 heavy (non-hydrogen) atoms. The van der Waals surface area contributed by atoms with Crippen LogP contribution in [0.3, 0.4) is 0 Å². The number of rotatable bonds is 3. The molecule has 0 heterocycles. The van der Waals surface area contributed by atoms with E-state index in [1.807, 2.05) is 6.92 Å². The summed E-state index contributed by atoms with van der Waals surface area (Å²) in [6, 6.07) is 0. The van der Waals surface area contributed by atoms with Gasteiger partial charge in [-0.05, 0) is 6.42 Å². The van der Waals surface area contributed by atoms with E-state index in [4.69, 9.17) is 4.55 Å². The number of unbranched alkanes of at least 4 members (excludes halogenated alkanes) is 1. The normalized spacial score (nSPS) is 12.2. The summed E-state index contributed by atoms with van der Waals surface area (Å²) in [5.74, 6) is 0.427. The van der Waals surface area contributed by atoms with Crippen LogP contribution in [-0.2, 0) is 11.1 Å². The van der Waals surface area contributed by atoms with Gasteiger partial charge in [0.05, 0.1) is 0 Å². The molecule has 0 aliphatic rings. The molecule has 4 heteroatoms. The van der Waals surface area contributed by atoms with Gasteiger partial charge in [0.2, 0.25) is 0 Å². The molecule has 0 saturated carbocycles. The minimum atomic E-state index is -1.57. The predicted molar refractivity (Wildman–Crippen MR) is 37.7 cm³/mol. The second-order valence-corrected chi connectivity index (χ2v) is 2.43. The van der Waals surface area contributed by atoms with Crippen molar-refractivity contribution in [2.75, 3.05) is 5.75 Å². The van der Waals surface area contributed by atoms with Crippen LogP contribution in [0, 0.1) is 0 Å². The van der Waals surface area contributed by atoms with Crippen molar-refractivity contribution in [3.63, 3.8) is 0 Å². The van der Waals surface area contributed by atoms with Gasteiger partial charge in [-0.1, -0.05) is 13.3 Å². The topological polar surface area (TPSA) is 37.3 Å². The Kier molecular flexibility index (Phi) is 12.0. The second kappa shape index (κ2) is 8.11. The fourth-order valence-corrected chi connectivity index (χ4v) is 0.803. The van der Waals surface area contributed by atoms with Crippen molar-refractivity contribution in [1.29, 1.82) is 0 Å². The Morgan fingerprint density at radius 1 is 1.62 bits per heavy atom. The van der Waals surface area contributed by atoms with E-state index in [0.29, 0.717) is 5.75 Å². The Bertz CT molecular complexity index is 67.1. The Labute approximate surface area is 74.6 Å². The Hall–Kier alpha value is 1.11. The van der Waals surface area contributed by atoms with Crippen molar-refractivity contribution in [1.82, 2.24) is 0 Å². The van der Waals surface area contributed by atoms with Crippen molar-refractivity contribution in [3.05, 3.63) is 0 Å². The summed E-state index contributed by atoms with van der Waals surface area (Å²) in [5, 5.41) is 0. The quantitative estimate of drug-likeness (QED) is 0.461. The van der Waals surface area contributed by atoms with Crippen LogP contribution in [0.1, 0.15) is 19.8 Å². The molecule has 1 unspecified atom stereocenters. The molecule has 1 atom stereocenters. The van der Waals surface area contributed by atoms with E-state index in [-0.39, 0.29) is 29.6 Å². The van der Waals surface area contributed by atoms with Crippen molar-refractivity contribution in [3.8, 4) is 0 Å². The molecule has 0 aromatic heterocycles. The average molecular weight is 146 g/mol. The van der Waals surface area contributed by atoms with Gasteiger partial charge < -0.3 is 4.55 Å². The first kappa shape index (κ1) is 11.9. The molecular formula is C4H11NaO2S. The first-order valence-electron chi connectivity index (χ1n) is 2.35. The zero-order valence-electron chi connectivity index (χ0n) is 4.39. The third-order valence-corrected chi connectivity index (χ3v) is 1.31.